The molecule has 3 rings (SSSR count). The number of anilines is 1. The van der Waals surface area contributed by atoms with E-state index in [9.17, 15) is 9.90 Å². The van der Waals surface area contributed by atoms with Gasteiger partial charge in [-0.1, -0.05) is 41.4 Å². The Balaban J connectivity index is 1.74. The maximum absolute atomic E-state index is 11.2. The van der Waals surface area contributed by atoms with Crippen molar-refractivity contribution in [3.63, 3.8) is 0 Å². The fraction of sp³-hybridized carbons (Fsp3) is 0.136. The van der Waals surface area contributed by atoms with Gasteiger partial charge in [0.15, 0.2) is 11.5 Å². The number of carboxylic acid groups (broad SMARTS) is 1. The van der Waals surface area contributed by atoms with Gasteiger partial charge in [0.1, 0.15) is 6.61 Å². The predicted octanol–water partition coefficient (Wildman–Crippen LogP) is 6.65. The van der Waals surface area contributed by atoms with Crippen molar-refractivity contribution in [1.29, 1.82) is 0 Å². The molecule has 156 valence electrons. The second-order valence-electron chi connectivity index (χ2n) is 6.34. The highest BCUT2D eigenvalue weighted by Crippen LogP contribution is 2.37. The minimum absolute atomic E-state index is 0.0451. The highest BCUT2D eigenvalue weighted by Gasteiger charge is 2.14. The highest BCUT2D eigenvalue weighted by atomic mass is 79.9. The lowest BCUT2D eigenvalue weighted by Crippen LogP contribution is -2.04. The molecule has 0 saturated heterocycles. The van der Waals surface area contributed by atoms with Crippen LogP contribution in [-0.2, 0) is 13.2 Å². The summed E-state index contributed by atoms with van der Waals surface area (Å²) in [5.74, 6) is 0.0597. The molecule has 8 heteroatoms. The number of rotatable bonds is 8. The van der Waals surface area contributed by atoms with Gasteiger partial charge in [0, 0.05) is 22.8 Å². The zero-order valence-electron chi connectivity index (χ0n) is 15.9. The molecule has 0 aliphatic rings. The fourth-order valence-corrected chi connectivity index (χ4v) is 3.78. The molecule has 0 heterocycles. The second-order valence-corrected chi connectivity index (χ2v) is 8.01. The van der Waals surface area contributed by atoms with E-state index in [0.717, 1.165) is 15.6 Å². The molecule has 0 aliphatic heterocycles. The van der Waals surface area contributed by atoms with E-state index in [2.05, 4.69) is 21.2 Å². The van der Waals surface area contributed by atoms with Crippen LogP contribution in [0.2, 0.25) is 10.0 Å². The number of ether oxygens (including phenoxy) is 2. The van der Waals surface area contributed by atoms with Crippen LogP contribution in [0.4, 0.5) is 5.69 Å². The van der Waals surface area contributed by atoms with E-state index in [0.29, 0.717) is 35.4 Å². The molecule has 30 heavy (non-hydrogen) atoms. The van der Waals surface area contributed by atoms with Crippen molar-refractivity contribution in [2.24, 2.45) is 0 Å². The summed E-state index contributed by atoms with van der Waals surface area (Å²) in [7, 11) is 1.57. The summed E-state index contributed by atoms with van der Waals surface area (Å²) in [4.78, 5) is 11.2. The fourth-order valence-electron chi connectivity index (χ4n) is 2.78. The zero-order chi connectivity index (χ0) is 21.7. The number of benzene rings is 3. The Morgan fingerprint density at radius 3 is 2.57 bits per heavy atom. The Bertz CT molecular complexity index is 1070. The summed E-state index contributed by atoms with van der Waals surface area (Å²) in [5.41, 5.74) is 2.47. The minimum atomic E-state index is -1.08. The van der Waals surface area contributed by atoms with E-state index in [1.807, 2.05) is 36.4 Å². The number of methoxy groups -OCH3 is 1. The molecule has 0 amide bonds. The van der Waals surface area contributed by atoms with Crippen LogP contribution in [0.1, 0.15) is 21.5 Å². The molecule has 5 nitrogen and oxygen atoms in total. The van der Waals surface area contributed by atoms with Crippen molar-refractivity contribution in [2.45, 2.75) is 13.2 Å². The molecule has 0 aromatic heterocycles. The summed E-state index contributed by atoms with van der Waals surface area (Å²) < 4.78 is 12.2. The number of halogens is 3. The van der Waals surface area contributed by atoms with Crippen LogP contribution in [0.15, 0.2) is 59.1 Å². The number of aromatic carboxylic acids is 1. The third-order valence-electron chi connectivity index (χ3n) is 4.31. The summed E-state index contributed by atoms with van der Waals surface area (Å²) in [6.07, 6.45) is 0. The lowest BCUT2D eigenvalue weighted by molar-refractivity contribution is 0.0697. The Hall–Kier alpha value is -2.41. The summed E-state index contributed by atoms with van der Waals surface area (Å²) in [6.45, 7) is 0.745. The molecule has 0 spiro atoms. The smallest absolute Gasteiger partial charge is 0.337 e. The molecular formula is C22H18BrCl2NO4. The van der Waals surface area contributed by atoms with Crippen LogP contribution in [0.3, 0.4) is 0 Å². The quantitative estimate of drug-likeness (QED) is 0.355. The topological polar surface area (TPSA) is 67.8 Å². The largest absolute Gasteiger partial charge is 0.493 e. The number of carboxylic acids is 1. The molecule has 0 radical (unpaired) electrons. The van der Waals surface area contributed by atoms with Crippen LogP contribution >= 0.6 is 39.1 Å². The zero-order valence-corrected chi connectivity index (χ0v) is 19.0. The van der Waals surface area contributed by atoms with Crippen molar-refractivity contribution >= 4 is 50.8 Å². The van der Waals surface area contributed by atoms with Crippen LogP contribution in [0, 0.1) is 0 Å². The van der Waals surface area contributed by atoms with Crippen molar-refractivity contribution < 1.29 is 19.4 Å². The SMILES string of the molecule is COc1cc(CNc2ccc(Cl)c(C(=O)O)c2)cc(Br)c1OCc1ccccc1Cl. The Kier molecular flexibility index (Phi) is 7.48. The molecule has 0 bridgehead atoms. The third-order valence-corrected chi connectivity index (χ3v) is 5.60. The molecule has 3 aromatic rings. The highest BCUT2D eigenvalue weighted by molar-refractivity contribution is 9.10. The van der Waals surface area contributed by atoms with Crippen LogP contribution in [0.25, 0.3) is 0 Å². The maximum Gasteiger partial charge on any atom is 0.337 e. The lowest BCUT2D eigenvalue weighted by atomic mass is 10.1. The first-order valence-corrected chi connectivity index (χ1v) is 10.4. The van der Waals surface area contributed by atoms with Crippen molar-refractivity contribution in [2.75, 3.05) is 12.4 Å². The first-order chi connectivity index (χ1) is 14.4. The number of nitrogens with one attached hydrogen (secondary N) is 1. The van der Waals surface area contributed by atoms with Gasteiger partial charge in [0.2, 0.25) is 0 Å². The standard InChI is InChI=1S/C22H18BrCl2NO4/c1-29-20-9-13(11-26-15-6-7-19(25)16(10-15)22(27)28)8-17(23)21(20)30-12-14-4-2-3-5-18(14)24/h2-10,26H,11-12H2,1H3,(H,27,28). The van der Waals surface area contributed by atoms with Gasteiger partial charge >= 0.3 is 5.97 Å². The molecule has 0 saturated carbocycles. The third kappa shape index (κ3) is 5.39. The van der Waals surface area contributed by atoms with E-state index in [1.165, 1.54) is 6.07 Å². The molecule has 0 atom stereocenters. The average molecular weight is 511 g/mol. The van der Waals surface area contributed by atoms with Crippen molar-refractivity contribution in [1.82, 2.24) is 0 Å². The average Bonchev–Trinajstić information content (AvgIpc) is 2.72. The van der Waals surface area contributed by atoms with E-state index in [-0.39, 0.29) is 10.6 Å². The van der Waals surface area contributed by atoms with Gasteiger partial charge < -0.3 is 19.9 Å². The minimum Gasteiger partial charge on any atom is -0.493 e. The number of carbonyl (C=O) groups is 1. The van der Waals surface area contributed by atoms with Gasteiger partial charge in [-0.15, -0.1) is 0 Å². The summed E-state index contributed by atoms with van der Waals surface area (Å²) in [6, 6.07) is 16.0. The van der Waals surface area contributed by atoms with E-state index in [1.54, 1.807) is 19.2 Å². The van der Waals surface area contributed by atoms with Crippen LogP contribution < -0.4 is 14.8 Å². The Morgan fingerprint density at radius 2 is 1.87 bits per heavy atom. The maximum atomic E-state index is 11.2. The number of hydrogen-bond donors (Lipinski definition) is 2. The van der Waals surface area contributed by atoms with Crippen LogP contribution in [-0.4, -0.2) is 18.2 Å². The predicted molar refractivity (Wildman–Crippen MR) is 122 cm³/mol. The van der Waals surface area contributed by atoms with Gasteiger partial charge in [-0.25, -0.2) is 4.79 Å². The van der Waals surface area contributed by atoms with Gasteiger partial charge in [-0.2, -0.15) is 0 Å². The Labute approximate surface area is 192 Å². The van der Waals surface area contributed by atoms with Crippen molar-refractivity contribution in [3.05, 3.63) is 85.8 Å². The molecule has 0 fully saturated rings. The molecule has 2 N–H and O–H groups in total. The second kappa shape index (κ2) is 10.1. The van der Waals surface area contributed by atoms with E-state index < -0.39 is 5.97 Å². The molecule has 0 unspecified atom stereocenters. The summed E-state index contributed by atoms with van der Waals surface area (Å²) in [5, 5.41) is 13.2. The first-order valence-electron chi connectivity index (χ1n) is 8.88. The molecule has 0 aliphatic carbocycles. The van der Waals surface area contributed by atoms with E-state index in [4.69, 9.17) is 32.7 Å². The lowest BCUT2D eigenvalue weighted by Gasteiger charge is -2.16. The normalized spacial score (nSPS) is 10.5. The van der Waals surface area contributed by atoms with Gasteiger partial charge in [-0.05, 0) is 57.9 Å². The number of hydrogen-bond acceptors (Lipinski definition) is 4. The van der Waals surface area contributed by atoms with Crippen molar-refractivity contribution in [3.8, 4) is 11.5 Å². The summed E-state index contributed by atoms with van der Waals surface area (Å²) >= 11 is 15.6. The van der Waals surface area contributed by atoms with Gasteiger partial charge in [0.25, 0.3) is 0 Å². The van der Waals surface area contributed by atoms with Gasteiger partial charge in [-0.3, -0.25) is 0 Å². The molecular weight excluding hydrogens is 493 g/mol. The van der Waals surface area contributed by atoms with Crippen LogP contribution in [0.5, 0.6) is 11.5 Å². The van der Waals surface area contributed by atoms with Gasteiger partial charge in [0.05, 0.1) is 22.2 Å². The Morgan fingerprint density at radius 1 is 1.10 bits per heavy atom. The monoisotopic (exact) mass is 509 g/mol. The first kappa shape index (κ1) is 22.3. The molecule has 3 aromatic carbocycles. The van der Waals surface area contributed by atoms with E-state index >= 15 is 0 Å².